The molecule has 1 heterocycles. The van der Waals surface area contributed by atoms with Gasteiger partial charge in [0.15, 0.2) is 11.5 Å². The molecule has 0 aromatic heterocycles. The van der Waals surface area contributed by atoms with E-state index in [2.05, 4.69) is 0 Å². The fourth-order valence-electron chi connectivity index (χ4n) is 2.28. The highest BCUT2D eigenvalue weighted by atomic mass is 32.2. The van der Waals surface area contributed by atoms with Gasteiger partial charge in [0, 0.05) is 0 Å². The average molecular weight is 381 g/mol. The highest BCUT2D eigenvalue weighted by Crippen LogP contribution is 2.35. The summed E-state index contributed by atoms with van der Waals surface area (Å²) in [7, 11) is 3.10. The van der Waals surface area contributed by atoms with Gasteiger partial charge >= 0.3 is 5.97 Å². The number of nitrogens with zero attached hydrogens (tertiary/aromatic N) is 1. The summed E-state index contributed by atoms with van der Waals surface area (Å²) in [5, 5.41) is 0. The standard InChI is InChI=1S/C17H19NO5S2/c1-5-23-16(20)10(2)18-15(19)14(25-17(18)24)9-11-6-7-12(21-3)13(8-11)22-4/h6-10H,5H2,1-4H3/b14-9-. The monoisotopic (exact) mass is 381 g/mol. The highest BCUT2D eigenvalue weighted by molar-refractivity contribution is 8.26. The minimum Gasteiger partial charge on any atom is -0.493 e. The Hall–Kier alpha value is -2.06. The van der Waals surface area contributed by atoms with Gasteiger partial charge in [-0.2, -0.15) is 0 Å². The minimum absolute atomic E-state index is 0.249. The van der Waals surface area contributed by atoms with Crippen LogP contribution in [0, 0.1) is 0 Å². The van der Waals surface area contributed by atoms with E-state index in [9.17, 15) is 9.59 Å². The molecular formula is C17H19NO5S2. The number of hydrogen-bond acceptors (Lipinski definition) is 7. The third-order valence-corrected chi connectivity index (χ3v) is 4.87. The molecule has 0 N–H and O–H groups in total. The van der Waals surface area contributed by atoms with Gasteiger partial charge < -0.3 is 14.2 Å². The molecule has 25 heavy (non-hydrogen) atoms. The smallest absolute Gasteiger partial charge is 0.329 e. The molecule has 1 aliphatic rings. The van der Waals surface area contributed by atoms with E-state index in [0.717, 1.165) is 17.3 Å². The van der Waals surface area contributed by atoms with E-state index in [1.54, 1.807) is 46.3 Å². The van der Waals surface area contributed by atoms with Crippen LogP contribution in [-0.4, -0.2) is 48.0 Å². The number of esters is 1. The summed E-state index contributed by atoms with van der Waals surface area (Å²) < 4.78 is 15.8. The lowest BCUT2D eigenvalue weighted by Gasteiger charge is -2.21. The Balaban J connectivity index is 2.27. The zero-order chi connectivity index (χ0) is 18.6. The predicted octanol–water partition coefficient (Wildman–Crippen LogP) is 2.86. The van der Waals surface area contributed by atoms with Crippen molar-refractivity contribution in [1.82, 2.24) is 4.90 Å². The fraction of sp³-hybridized carbons (Fsp3) is 0.353. The van der Waals surface area contributed by atoms with Gasteiger partial charge in [0.05, 0.1) is 25.7 Å². The predicted molar refractivity (Wildman–Crippen MR) is 101 cm³/mol. The normalized spacial score (nSPS) is 17.0. The van der Waals surface area contributed by atoms with E-state index in [1.165, 1.54) is 4.90 Å². The number of thioether (sulfide) groups is 1. The quantitative estimate of drug-likeness (QED) is 0.426. The van der Waals surface area contributed by atoms with Crippen LogP contribution >= 0.6 is 24.0 Å². The van der Waals surface area contributed by atoms with E-state index >= 15 is 0 Å². The first-order valence-electron chi connectivity index (χ1n) is 7.58. The molecule has 8 heteroatoms. The SMILES string of the molecule is CCOC(=O)C(C)N1C(=O)/C(=C/c2ccc(OC)c(OC)c2)SC1=S. The van der Waals surface area contributed by atoms with Crippen LogP contribution in [0.2, 0.25) is 0 Å². The van der Waals surface area contributed by atoms with Crippen LogP contribution in [0.4, 0.5) is 0 Å². The Labute approximate surface area is 156 Å². The van der Waals surface area contributed by atoms with Gasteiger partial charge in [0.1, 0.15) is 10.4 Å². The Bertz CT molecular complexity index is 732. The van der Waals surface area contributed by atoms with Gasteiger partial charge in [0.25, 0.3) is 5.91 Å². The number of benzene rings is 1. The molecule has 134 valence electrons. The Morgan fingerprint density at radius 1 is 1.32 bits per heavy atom. The first kappa shape index (κ1) is 19.3. The Morgan fingerprint density at radius 2 is 2.00 bits per heavy atom. The second-order valence-electron chi connectivity index (χ2n) is 5.09. The third kappa shape index (κ3) is 4.13. The van der Waals surface area contributed by atoms with Crippen LogP contribution in [0.5, 0.6) is 11.5 Å². The number of ether oxygens (including phenoxy) is 3. The molecule has 1 amide bonds. The van der Waals surface area contributed by atoms with Gasteiger partial charge in [-0.1, -0.05) is 30.0 Å². The molecule has 1 fully saturated rings. The molecule has 1 atom stereocenters. The van der Waals surface area contributed by atoms with Gasteiger partial charge in [0.2, 0.25) is 0 Å². The van der Waals surface area contributed by atoms with Crippen LogP contribution in [0.15, 0.2) is 23.1 Å². The number of carbonyl (C=O) groups excluding carboxylic acids is 2. The first-order valence-corrected chi connectivity index (χ1v) is 8.81. The summed E-state index contributed by atoms with van der Waals surface area (Å²) in [5.74, 6) is 0.367. The largest absolute Gasteiger partial charge is 0.493 e. The molecule has 0 bridgehead atoms. The van der Waals surface area contributed by atoms with Gasteiger partial charge in [-0.25, -0.2) is 4.79 Å². The molecule has 1 aromatic carbocycles. The maximum absolute atomic E-state index is 12.6. The van der Waals surface area contributed by atoms with E-state index in [-0.39, 0.29) is 12.5 Å². The van der Waals surface area contributed by atoms with Crippen LogP contribution in [0.1, 0.15) is 19.4 Å². The Morgan fingerprint density at radius 3 is 2.60 bits per heavy atom. The number of amides is 1. The zero-order valence-corrected chi connectivity index (χ0v) is 16.0. The van der Waals surface area contributed by atoms with Crippen molar-refractivity contribution < 1.29 is 23.8 Å². The molecule has 1 unspecified atom stereocenters. The third-order valence-electron chi connectivity index (χ3n) is 3.54. The molecular weight excluding hydrogens is 362 g/mol. The molecule has 1 aliphatic heterocycles. The summed E-state index contributed by atoms with van der Waals surface area (Å²) in [6, 6.07) is 4.57. The van der Waals surface area contributed by atoms with Gasteiger partial charge in [-0.3, -0.25) is 9.69 Å². The molecule has 1 aromatic rings. The topological polar surface area (TPSA) is 65.1 Å². The summed E-state index contributed by atoms with van der Waals surface area (Å²) >= 11 is 6.41. The van der Waals surface area contributed by atoms with Crippen molar-refractivity contribution in [2.75, 3.05) is 20.8 Å². The van der Waals surface area contributed by atoms with E-state index in [4.69, 9.17) is 26.4 Å². The summed E-state index contributed by atoms with van der Waals surface area (Å²) in [5.41, 5.74) is 0.766. The van der Waals surface area contributed by atoms with Crippen molar-refractivity contribution in [3.8, 4) is 11.5 Å². The molecule has 0 spiro atoms. The minimum atomic E-state index is -0.760. The molecule has 0 aliphatic carbocycles. The zero-order valence-electron chi connectivity index (χ0n) is 14.4. The van der Waals surface area contributed by atoms with Crippen LogP contribution in [0.3, 0.4) is 0 Å². The molecule has 1 saturated heterocycles. The number of rotatable bonds is 6. The van der Waals surface area contributed by atoms with E-state index < -0.39 is 12.0 Å². The summed E-state index contributed by atoms with van der Waals surface area (Å²) in [6.07, 6.45) is 1.71. The number of carbonyl (C=O) groups is 2. The van der Waals surface area contributed by atoms with Crippen molar-refractivity contribution in [2.24, 2.45) is 0 Å². The van der Waals surface area contributed by atoms with Gasteiger partial charge in [-0.05, 0) is 37.6 Å². The summed E-state index contributed by atoms with van der Waals surface area (Å²) in [6.45, 7) is 3.56. The Kier molecular flexibility index (Phi) is 6.44. The number of hydrogen-bond donors (Lipinski definition) is 0. The average Bonchev–Trinajstić information content (AvgIpc) is 2.87. The molecule has 0 radical (unpaired) electrons. The summed E-state index contributed by atoms with van der Waals surface area (Å²) in [4.78, 5) is 26.3. The van der Waals surface area contributed by atoms with Crippen molar-refractivity contribution in [2.45, 2.75) is 19.9 Å². The second kappa shape index (κ2) is 8.35. The maximum atomic E-state index is 12.6. The van der Waals surface area contributed by atoms with Crippen LogP contribution < -0.4 is 9.47 Å². The highest BCUT2D eigenvalue weighted by Gasteiger charge is 2.38. The van der Waals surface area contributed by atoms with Crippen molar-refractivity contribution in [3.05, 3.63) is 28.7 Å². The first-order chi connectivity index (χ1) is 11.9. The van der Waals surface area contributed by atoms with Crippen molar-refractivity contribution in [3.63, 3.8) is 0 Å². The van der Waals surface area contributed by atoms with E-state index in [1.807, 2.05) is 6.07 Å². The maximum Gasteiger partial charge on any atom is 0.329 e. The lowest BCUT2D eigenvalue weighted by Crippen LogP contribution is -2.42. The van der Waals surface area contributed by atoms with Crippen LogP contribution in [0.25, 0.3) is 6.08 Å². The molecule has 2 rings (SSSR count). The number of methoxy groups -OCH3 is 2. The fourth-order valence-corrected chi connectivity index (χ4v) is 3.69. The van der Waals surface area contributed by atoms with Crippen molar-refractivity contribution >= 4 is 46.3 Å². The lowest BCUT2D eigenvalue weighted by atomic mass is 10.1. The van der Waals surface area contributed by atoms with Crippen LogP contribution in [-0.2, 0) is 14.3 Å². The van der Waals surface area contributed by atoms with Gasteiger partial charge in [-0.15, -0.1) is 0 Å². The molecule has 0 saturated carbocycles. The van der Waals surface area contributed by atoms with Crippen molar-refractivity contribution in [1.29, 1.82) is 0 Å². The molecule has 6 nitrogen and oxygen atoms in total. The lowest BCUT2D eigenvalue weighted by molar-refractivity contribution is -0.149. The number of thiocarbonyl (C=S) groups is 1. The van der Waals surface area contributed by atoms with E-state index in [0.29, 0.717) is 20.7 Å². The second-order valence-corrected chi connectivity index (χ2v) is 6.77.